The van der Waals surface area contributed by atoms with Crippen molar-refractivity contribution in [3.05, 3.63) is 35.9 Å². The number of carbonyl (C=O) groups is 1. The molecule has 2 atom stereocenters. The summed E-state index contributed by atoms with van der Waals surface area (Å²) >= 11 is 0. The lowest BCUT2D eigenvalue weighted by Crippen LogP contribution is -2.30. The molecule has 2 unspecified atom stereocenters. The molecule has 17 heavy (non-hydrogen) atoms. The zero-order valence-electron chi connectivity index (χ0n) is 9.76. The van der Waals surface area contributed by atoms with Crippen molar-refractivity contribution in [1.29, 1.82) is 0 Å². The lowest BCUT2D eigenvalue weighted by atomic mass is 10.1. The molecular formula is C13H16O4. The highest BCUT2D eigenvalue weighted by Crippen LogP contribution is 2.28. The van der Waals surface area contributed by atoms with Gasteiger partial charge in [-0.05, 0) is 12.5 Å². The van der Waals surface area contributed by atoms with E-state index < -0.39 is 11.8 Å². The van der Waals surface area contributed by atoms with Gasteiger partial charge in [-0.3, -0.25) is 4.79 Å². The van der Waals surface area contributed by atoms with Crippen molar-refractivity contribution >= 4 is 5.97 Å². The first kappa shape index (κ1) is 12.1. The van der Waals surface area contributed by atoms with Gasteiger partial charge in [0.2, 0.25) is 0 Å². The van der Waals surface area contributed by atoms with Crippen LogP contribution in [-0.2, 0) is 20.7 Å². The monoisotopic (exact) mass is 236 g/mol. The van der Waals surface area contributed by atoms with Crippen molar-refractivity contribution < 1.29 is 19.4 Å². The maximum Gasteiger partial charge on any atom is 0.306 e. The van der Waals surface area contributed by atoms with E-state index in [-0.39, 0.29) is 12.5 Å². The molecule has 0 bridgehead atoms. The Kier molecular flexibility index (Phi) is 3.45. The molecule has 0 aliphatic carbocycles. The van der Waals surface area contributed by atoms with Crippen molar-refractivity contribution in [3.63, 3.8) is 0 Å². The number of ether oxygens (including phenoxy) is 2. The summed E-state index contributed by atoms with van der Waals surface area (Å²) in [7, 11) is 0. The number of hydrogen-bond acceptors (Lipinski definition) is 3. The largest absolute Gasteiger partial charge is 0.481 e. The zero-order valence-corrected chi connectivity index (χ0v) is 9.76. The predicted molar refractivity (Wildman–Crippen MR) is 61.6 cm³/mol. The maximum atomic E-state index is 10.6. The maximum absolute atomic E-state index is 10.6. The number of hydrogen-bond donors (Lipinski definition) is 1. The van der Waals surface area contributed by atoms with Gasteiger partial charge in [0.25, 0.3) is 0 Å². The Labute approximate surface area is 100 Å². The molecule has 1 N–H and O–H groups in total. The Balaban J connectivity index is 1.95. The van der Waals surface area contributed by atoms with E-state index in [4.69, 9.17) is 14.6 Å². The molecule has 1 aliphatic rings. The van der Waals surface area contributed by atoms with Crippen LogP contribution in [0.3, 0.4) is 0 Å². The van der Waals surface area contributed by atoms with Crippen LogP contribution in [0.4, 0.5) is 0 Å². The third-order valence-corrected chi connectivity index (χ3v) is 2.76. The van der Waals surface area contributed by atoms with E-state index in [1.54, 1.807) is 0 Å². The SMILES string of the molecule is CC1(Cc2ccccc2)OCC(CC(=O)O)O1. The summed E-state index contributed by atoms with van der Waals surface area (Å²) in [6.07, 6.45) is 0.273. The van der Waals surface area contributed by atoms with Crippen LogP contribution in [0.1, 0.15) is 18.9 Å². The third kappa shape index (κ3) is 3.28. The second kappa shape index (κ2) is 4.85. The van der Waals surface area contributed by atoms with Crippen molar-refractivity contribution in [1.82, 2.24) is 0 Å². The van der Waals surface area contributed by atoms with Crippen LogP contribution in [0.25, 0.3) is 0 Å². The first-order valence-electron chi connectivity index (χ1n) is 5.65. The first-order valence-corrected chi connectivity index (χ1v) is 5.65. The van der Waals surface area contributed by atoms with Crippen molar-refractivity contribution in [2.45, 2.75) is 31.7 Å². The van der Waals surface area contributed by atoms with Gasteiger partial charge in [0.05, 0.1) is 19.1 Å². The number of aliphatic carboxylic acids is 1. The number of carboxylic acids is 1. The Hall–Kier alpha value is -1.39. The van der Waals surface area contributed by atoms with Crippen LogP contribution in [-0.4, -0.2) is 29.6 Å². The van der Waals surface area contributed by atoms with Gasteiger partial charge < -0.3 is 14.6 Å². The predicted octanol–water partition coefficient (Wildman–Crippen LogP) is 1.84. The van der Waals surface area contributed by atoms with Crippen molar-refractivity contribution in [3.8, 4) is 0 Å². The molecule has 1 saturated heterocycles. The Morgan fingerprint density at radius 3 is 2.82 bits per heavy atom. The molecule has 0 radical (unpaired) electrons. The molecule has 1 aliphatic heterocycles. The van der Waals surface area contributed by atoms with E-state index in [2.05, 4.69) is 0 Å². The quantitative estimate of drug-likeness (QED) is 0.866. The fourth-order valence-corrected chi connectivity index (χ4v) is 2.04. The van der Waals surface area contributed by atoms with Gasteiger partial charge in [0.1, 0.15) is 0 Å². The van der Waals surface area contributed by atoms with Gasteiger partial charge in [0.15, 0.2) is 5.79 Å². The minimum atomic E-state index is -0.859. The van der Waals surface area contributed by atoms with Crippen LogP contribution in [0.2, 0.25) is 0 Å². The van der Waals surface area contributed by atoms with Crippen LogP contribution in [0, 0.1) is 0 Å². The average Bonchev–Trinajstić information content (AvgIpc) is 2.60. The van der Waals surface area contributed by atoms with Crippen molar-refractivity contribution in [2.75, 3.05) is 6.61 Å². The highest BCUT2D eigenvalue weighted by Gasteiger charge is 2.38. The third-order valence-electron chi connectivity index (χ3n) is 2.76. The van der Waals surface area contributed by atoms with E-state index in [1.807, 2.05) is 37.3 Å². The van der Waals surface area contributed by atoms with E-state index in [0.29, 0.717) is 13.0 Å². The normalized spacial score (nSPS) is 28.2. The highest BCUT2D eigenvalue weighted by molar-refractivity contribution is 5.67. The van der Waals surface area contributed by atoms with E-state index in [1.165, 1.54) is 0 Å². The fourth-order valence-electron chi connectivity index (χ4n) is 2.04. The van der Waals surface area contributed by atoms with Crippen LogP contribution < -0.4 is 0 Å². The molecular weight excluding hydrogens is 220 g/mol. The summed E-state index contributed by atoms with van der Waals surface area (Å²) in [6.45, 7) is 2.19. The standard InChI is InChI=1S/C13H16O4/c1-13(8-10-5-3-2-4-6-10)16-9-11(17-13)7-12(14)15/h2-6,11H,7-9H2,1H3,(H,14,15). The zero-order chi connectivity index (χ0) is 12.3. The second-order valence-electron chi connectivity index (χ2n) is 4.44. The number of carboxylic acid groups (broad SMARTS) is 1. The smallest absolute Gasteiger partial charge is 0.306 e. The average molecular weight is 236 g/mol. The molecule has 0 amide bonds. The highest BCUT2D eigenvalue weighted by atomic mass is 16.7. The van der Waals surface area contributed by atoms with Gasteiger partial charge in [-0.15, -0.1) is 0 Å². The van der Waals surface area contributed by atoms with Crippen molar-refractivity contribution in [2.24, 2.45) is 0 Å². The first-order chi connectivity index (χ1) is 8.07. The summed E-state index contributed by atoms with van der Waals surface area (Å²) in [6, 6.07) is 9.88. The van der Waals surface area contributed by atoms with Gasteiger partial charge in [-0.25, -0.2) is 0 Å². The molecule has 1 heterocycles. The van der Waals surface area contributed by atoms with Crippen LogP contribution >= 0.6 is 0 Å². The van der Waals surface area contributed by atoms with E-state index in [9.17, 15) is 4.79 Å². The van der Waals surface area contributed by atoms with Crippen LogP contribution in [0.5, 0.6) is 0 Å². The molecule has 4 nitrogen and oxygen atoms in total. The van der Waals surface area contributed by atoms with Crippen LogP contribution in [0.15, 0.2) is 30.3 Å². The van der Waals surface area contributed by atoms with Gasteiger partial charge in [-0.2, -0.15) is 0 Å². The molecule has 0 spiro atoms. The second-order valence-corrected chi connectivity index (χ2v) is 4.44. The summed E-state index contributed by atoms with van der Waals surface area (Å²) < 4.78 is 11.2. The van der Waals surface area contributed by atoms with E-state index >= 15 is 0 Å². The molecule has 2 rings (SSSR count). The van der Waals surface area contributed by atoms with Gasteiger partial charge in [0, 0.05) is 6.42 Å². The lowest BCUT2D eigenvalue weighted by molar-refractivity contribution is -0.158. The fraction of sp³-hybridized carbons (Fsp3) is 0.462. The minimum Gasteiger partial charge on any atom is -0.481 e. The molecule has 1 aromatic rings. The number of benzene rings is 1. The molecule has 92 valence electrons. The number of rotatable bonds is 4. The Morgan fingerprint density at radius 2 is 2.18 bits per heavy atom. The Bertz CT molecular complexity index is 390. The molecule has 1 fully saturated rings. The molecule has 1 aromatic carbocycles. The van der Waals surface area contributed by atoms with Gasteiger partial charge in [-0.1, -0.05) is 30.3 Å². The summed E-state index contributed by atoms with van der Waals surface area (Å²) in [5, 5.41) is 8.70. The topological polar surface area (TPSA) is 55.8 Å². The lowest BCUT2D eigenvalue weighted by Gasteiger charge is -2.23. The summed E-state index contributed by atoms with van der Waals surface area (Å²) in [5.41, 5.74) is 1.12. The molecule has 0 saturated carbocycles. The summed E-state index contributed by atoms with van der Waals surface area (Å²) in [5.74, 6) is -1.57. The summed E-state index contributed by atoms with van der Waals surface area (Å²) in [4.78, 5) is 10.6. The minimum absolute atomic E-state index is 0.00954. The molecule has 0 aromatic heterocycles. The van der Waals surface area contributed by atoms with Gasteiger partial charge >= 0.3 is 5.97 Å². The Morgan fingerprint density at radius 1 is 1.47 bits per heavy atom. The molecule has 4 heteroatoms. The van der Waals surface area contributed by atoms with E-state index in [0.717, 1.165) is 5.56 Å².